The van der Waals surface area contributed by atoms with Crippen molar-refractivity contribution in [3.05, 3.63) is 36.2 Å². The van der Waals surface area contributed by atoms with Gasteiger partial charge in [-0.1, -0.05) is 0 Å². The second-order valence-corrected chi connectivity index (χ2v) is 7.61. The van der Waals surface area contributed by atoms with Gasteiger partial charge in [0.1, 0.15) is 16.9 Å². The van der Waals surface area contributed by atoms with Gasteiger partial charge in [0.2, 0.25) is 0 Å². The predicted octanol–water partition coefficient (Wildman–Crippen LogP) is 2.62. The molecular weight excluding hydrogens is 342 g/mol. The summed E-state index contributed by atoms with van der Waals surface area (Å²) in [6.45, 7) is 5.80. The van der Waals surface area contributed by atoms with Crippen LogP contribution in [0.25, 0.3) is 33.5 Å². The largest absolute Gasteiger partial charge is 0.399 e. The number of aromatic amines is 1. The number of carbonyl (C=O) groups excluding carboxylic acids is 1. The lowest BCUT2D eigenvalue weighted by atomic mass is 10.1. The molecule has 4 aromatic rings. The Balaban J connectivity index is 1.86. The number of anilines is 1. The van der Waals surface area contributed by atoms with Crippen molar-refractivity contribution in [1.29, 1.82) is 0 Å². The molecule has 0 saturated heterocycles. The number of nitrogens with zero attached hydrogens (tertiary/aromatic N) is 4. The molecule has 0 radical (unpaired) electrons. The maximum absolute atomic E-state index is 12.6. The van der Waals surface area contributed by atoms with Gasteiger partial charge in [0.25, 0.3) is 5.91 Å². The van der Waals surface area contributed by atoms with E-state index in [-0.39, 0.29) is 11.4 Å². The fraction of sp³-hybridized carbons (Fsp3) is 0.263. The Morgan fingerprint density at radius 3 is 2.81 bits per heavy atom. The predicted molar refractivity (Wildman–Crippen MR) is 105 cm³/mol. The highest BCUT2D eigenvalue weighted by Gasteiger charge is 2.21. The van der Waals surface area contributed by atoms with Crippen LogP contribution in [0.4, 0.5) is 5.69 Å². The highest BCUT2D eigenvalue weighted by Crippen LogP contribution is 2.29. The Morgan fingerprint density at radius 1 is 1.30 bits per heavy atom. The number of aryl methyl sites for hydroxylation is 1. The summed E-state index contributed by atoms with van der Waals surface area (Å²) in [4.78, 5) is 24.7. The highest BCUT2D eigenvalue weighted by atomic mass is 16.1. The monoisotopic (exact) mass is 363 g/mol. The van der Waals surface area contributed by atoms with Crippen molar-refractivity contribution >= 4 is 33.7 Å². The SMILES string of the molecule is Cn1nc(-c2cnc3[nH]cc(C(=O)NC(C)(C)C)c3n2)c2cc(N)ccc21. The van der Waals surface area contributed by atoms with E-state index >= 15 is 0 Å². The van der Waals surface area contributed by atoms with Crippen molar-refractivity contribution in [3.63, 3.8) is 0 Å². The summed E-state index contributed by atoms with van der Waals surface area (Å²) in [6, 6.07) is 5.63. The minimum atomic E-state index is -0.347. The molecule has 3 heterocycles. The maximum Gasteiger partial charge on any atom is 0.255 e. The van der Waals surface area contributed by atoms with Crippen molar-refractivity contribution < 1.29 is 4.79 Å². The van der Waals surface area contributed by atoms with Crippen LogP contribution >= 0.6 is 0 Å². The number of H-pyrrole nitrogens is 1. The van der Waals surface area contributed by atoms with Crippen LogP contribution in [0.1, 0.15) is 31.1 Å². The number of benzene rings is 1. The molecule has 0 aliphatic rings. The first-order chi connectivity index (χ1) is 12.7. The van der Waals surface area contributed by atoms with Gasteiger partial charge in [-0.3, -0.25) is 9.48 Å². The van der Waals surface area contributed by atoms with E-state index in [4.69, 9.17) is 5.73 Å². The van der Waals surface area contributed by atoms with Crippen LogP contribution in [0, 0.1) is 0 Å². The molecule has 8 heteroatoms. The van der Waals surface area contributed by atoms with E-state index in [1.165, 1.54) is 0 Å². The van der Waals surface area contributed by atoms with Gasteiger partial charge in [-0.15, -0.1) is 0 Å². The van der Waals surface area contributed by atoms with E-state index in [0.717, 1.165) is 10.9 Å². The first kappa shape index (κ1) is 17.0. The molecule has 138 valence electrons. The average Bonchev–Trinajstić information content (AvgIpc) is 3.14. The average molecular weight is 363 g/mol. The fourth-order valence-corrected chi connectivity index (χ4v) is 3.06. The minimum absolute atomic E-state index is 0.199. The molecule has 0 aliphatic heterocycles. The summed E-state index contributed by atoms with van der Waals surface area (Å²) < 4.78 is 1.78. The van der Waals surface area contributed by atoms with Crippen molar-refractivity contribution in [2.45, 2.75) is 26.3 Å². The fourth-order valence-electron chi connectivity index (χ4n) is 3.06. The van der Waals surface area contributed by atoms with E-state index in [1.807, 2.05) is 46.0 Å². The topological polar surface area (TPSA) is 115 Å². The summed E-state index contributed by atoms with van der Waals surface area (Å²) in [5.41, 5.74) is 9.98. The van der Waals surface area contributed by atoms with E-state index in [9.17, 15) is 4.79 Å². The van der Waals surface area contributed by atoms with Gasteiger partial charge in [0.15, 0.2) is 5.65 Å². The number of rotatable bonds is 2. The Labute approximate surface area is 155 Å². The van der Waals surface area contributed by atoms with Crippen molar-refractivity contribution in [1.82, 2.24) is 30.0 Å². The molecule has 3 aromatic heterocycles. The van der Waals surface area contributed by atoms with Gasteiger partial charge in [0, 0.05) is 29.9 Å². The summed E-state index contributed by atoms with van der Waals surface area (Å²) in [6.07, 6.45) is 3.28. The number of nitrogen functional groups attached to an aromatic ring is 1. The molecule has 0 aliphatic carbocycles. The van der Waals surface area contributed by atoms with Crippen LogP contribution in [0.2, 0.25) is 0 Å². The molecule has 0 saturated carbocycles. The molecule has 0 bridgehead atoms. The van der Waals surface area contributed by atoms with Crippen LogP contribution < -0.4 is 11.1 Å². The maximum atomic E-state index is 12.6. The van der Waals surface area contributed by atoms with Crippen molar-refractivity contribution in [3.8, 4) is 11.4 Å². The second-order valence-electron chi connectivity index (χ2n) is 7.61. The molecule has 0 spiro atoms. The Morgan fingerprint density at radius 2 is 2.07 bits per heavy atom. The number of hydrogen-bond donors (Lipinski definition) is 3. The summed E-state index contributed by atoms with van der Waals surface area (Å²) >= 11 is 0. The zero-order chi connectivity index (χ0) is 19.3. The third-order valence-electron chi connectivity index (χ3n) is 4.23. The van der Waals surface area contributed by atoms with Crippen LogP contribution in [-0.4, -0.2) is 36.2 Å². The number of nitrogens with one attached hydrogen (secondary N) is 2. The van der Waals surface area contributed by atoms with Gasteiger partial charge in [-0.25, -0.2) is 9.97 Å². The van der Waals surface area contributed by atoms with Crippen molar-refractivity contribution in [2.24, 2.45) is 7.05 Å². The Kier molecular flexibility index (Phi) is 3.66. The lowest BCUT2D eigenvalue weighted by Gasteiger charge is -2.19. The van der Waals surface area contributed by atoms with E-state index < -0.39 is 0 Å². The molecule has 0 unspecified atom stereocenters. The molecule has 27 heavy (non-hydrogen) atoms. The number of amides is 1. The molecule has 1 amide bonds. The number of hydrogen-bond acceptors (Lipinski definition) is 5. The summed E-state index contributed by atoms with van der Waals surface area (Å²) in [5, 5.41) is 8.42. The molecule has 4 N–H and O–H groups in total. The number of carbonyl (C=O) groups is 1. The van der Waals surface area contributed by atoms with Gasteiger partial charge in [-0.2, -0.15) is 5.10 Å². The third kappa shape index (κ3) is 2.99. The zero-order valence-corrected chi connectivity index (χ0v) is 15.7. The van der Waals surface area contributed by atoms with Gasteiger partial charge in [-0.05, 0) is 39.0 Å². The van der Waals surface area contributed by atoms with Crippen LogP contribution in [0.3, 0.4) is 0 Å². The highest BCUT2D eigenvalue weighted by molar-refractivity contribution is 6.05. The lowest BCUT2D eigenvalue weighted by Crippen LogP contribution is -2.40. The standard InChI is InChI=1S/C19H21N7O/c1-19(2,3)24-18(27)12-8-21-17-16(12)23-13(9-22-17)15-11-7-10(20)5-6-14(11)26(4)25-15/h5-9H,20H2,1-4H3,(H,21,22)(H,24,27). The summed E-state index contributed by atoms with van der Waals surface area (Å²) in [5.74, 6) is -0.199. The van der Waals surface area contributed by atoms with Crippen LogP contribution in [0.15, 0.2) is 30.6 Å². The zero-order valence-electron chi connectivity index (χ0n) is 15.7. The van der Waals surface area contributed by atoms with Gasteiger partial charge >= 0.3 is 0 Å². The van der Waals surface area contributed by atoms with E-state index in [1.54, 1.807) is 17.1 Å². The molecule has 0 fully saturated rings. The smallest absolute Gasteiger partial charge is 0.255 e. The molecule has 8 nitrogen and oxygen atoms in total. The van der Waals surface area contributed by atoms with Crippen molar-refractivity contribution in [2.75, 3.05) is 5.73 Å². The van der Waals surface area contributed by atoms with E-state index in [2.05, 4.69) is 25.4 Å². The first-order valence-electron chi connectivity index (χ1n) is 8.62. The summed E-state index contributed by atoms with van der Waals surface area (Å²) in [7, 11) is 1.87. The third-order valence-corrected chi connectivity index (χ3v) is 4.23. The Bertz CT molecular complexity index is 1180. The van der Waals surface area contributed by atoms with Gasteiger partial charge < -0.3 is 16.0 Å². The molecule has 4 rings (SSSR count). The van der Waals surface area contributed by atoms with Gasteiger partial charge in [0.05, 0.1) is 17.3 Å². The van der Waals surface area contributed by atoms with Crippen LogP contribution in [0.5, 0.6) is 0 Å². The normalized spacial score (nSPS) is 12.0. The molecule has 0 atom stereocenters. The minimum Gasteiger partial charge on any atom is -0.399 e. The van der Waals surface area contributed by atoms with Crippen LogP contribution in [-0.2, 0) is 7.05 Å². The van der Waals surface area contributed by atoms with E-state index in [0.29, 0.717) is 33.8 Å². The Hall–Kier alpha value is -3.42. The quantitative estimate of drug-likeness (QED) is 0.474. The number of aromatic nitrogens is 5. The number of nitrogens with two attached hydrogens (primary N) is 1. The first-order valence-corrected chi connectivity index (χ1v) is 8.62. The lowest BCUT2D eigenvalue weighted by molar-refractivity contribution is 0.0921. The second kappa shape index (κ2) is 5.80. The number of fused-ring (bicyclic) bond motifs is 2. The molecular formula is C19H21N7O. The molecule has 1 aromatic carbocycles.